The molecule has 0 radical (unpaired) electrons. The summed E-state index contributed by atoms with van der Waals surface area (Å²) in [7, 11) is 0. The summed E-state index contributed by atoms with van der Waals surface area (Å²) in [4.78, 5) is 0. The molecule has 0 atom stereocenters. The number of hydrogen-bond donors (Lipinski definition) is 0. The van der Waals surface area contributed by atoms with Gasteiger partial charge in [-0.1, -0.05) is 55.2 Å². The Labute approximate surface area is 121 Å². The molecule has 0 spiro atoms. The maximum absolute atomic E-state index is 6.02. The molecule has 0 aliphatic rings. The van der Waals surface area contributed by atoms with Crippen molar-refractivity contribution in [3.8, 4) is 11.1 Å². The summed E-state index contributed by atoms with van der Waals surface area (Å²) in [5, 5.41) is 1.45. The van der Waals surface area contributed by atoms with Crippen molar-refractivity contribution < 1.29 is 0 Å². The number of hydrogen-bond acceptors (Lipinski definition) is 0. The molecule has 17 heavy (non-hydrogen) atoms. The second-order valence-corrected chi connectivity index (χ2v) is 4.83. The molecule has 0 saturated heterocycles. The van der Waals surface area contributed by atoms with Crippen molar-refractivity contribution in [1.29, 1.82) is 0 Å². The van der Waals surface area contributed by atoms with E-state index >= 15 is 0 Å². The predicted octanol–water partition coefficient (Wildman–Crippen LogP) is 6.45. The van der Waals surface area contributed by atoms with Crippen molar-refractivity contribution in [2.75, 3.05) is 0 Å². The highest BCUT2D eigenvalue weighted by atomic mass is 79.9. The summed E-state index contributed by atoms with van der Waals surface area (Å²) in [6.45, 7) is 4.00. The average molecular weight is 332 g/mol. The van der Waals surface area contributed by atoms with Crippen LogP contribution in [0.5, 0.6) is 0 Å². The summed E-state index contributed by atoms with van der Waals surface area (Å²) in [5.41, 5.74) is 2.19. The molecule has 0 aliphatic carbocycles. The minimum absolute atomic E-state index is 0.711. The molecular weight excluding hydrogens is 319 g/mol. The van der Waals surface area contributed by atoms with Crippen molar-refractivity contribution in [3.05, 3.63) is 57.0 Å². The van der Waals surface area contributed by atoms with E-state index in [1.165, 1.54) is 0 Å². The van der Waals surface area contributed by atoms with E-state index in [9.17, 15) is 0 Å². The Morgan fingerprint density at radius 1 is 0.824 bits per heavy atom. The Kier molecular flexibility index (Phi) is 6.04. The normalized spacial score (nSPS) is 9.47. The van der Waals surface area contributed by atoms with Gasteiger partial charge in [-0.15, -0.1) is 0 Å². The topological polar surface area (TPSA) is 0 Å². The Hall–Kier alpha value is -0.500. The lowest BCUT2D eigenvalue weighted by Crippen LogP contribution is -1.78. The Morgan fingerprint density at radius 2 is 1.35 bits per heavy atom. The minimum atomic E-state index is 0.711. The molecule has 0 saturated carbocycles. The van der Waals surface area contributed by atoms with Gasteiger partial charge in [-0.2, -0.15) is 0 Å². The van der Waals surface area contributed by atoms with Crippen molar-refractivity contribution in [1.82, 2.24) is 0 Å². The van der Waals surface area contributed by atoms with Crippen LogP contribution in [-0.4, -0.2) is 0 Å². The van der Waals surface area contributed by atoms with Crippen LogP contribution >= 0.6 is 39.1 Å². The van der Waals surface area contributed by atoms with Crippen LogP contribution < -0.4 is 0 Å². The SMILES string of the molecule is CC.Clc1ccc(-c2ccc(Br)c(Cl)c2)cc1. The van der Waals surface area contributed by atoms with Gasteiger partial charge in [-0.25, -0.2) is 0 Å². The summed E-state index contributed by atoms with van der Waals surface area (Å²) >= 11 is 15.2. The van der Waals surface area contributed by atoms with Crippen LogP contribution in [0.15, 0.2) is 46.9 Å². The maximum Gasteiger partial charge on any atom is 0.0554 e. The van der Waals surface area contributed by atoms with E-state index in [1.54, 1.807) is 0 Å². The van der Waals surface area contributed by atoms with Gasteiger partial charge in [0.05, 0.1) is 5.02 Å². The number of halogens is 3. The summed E-state index contributed by atoms with van der Waals surface area (Å²) in [6, 6.07) is 13.6. The van der Waals surface area contributed by atoms with Crippen LogP contribution in [0, 0.1) is 0 Å². The van der Waals surface area contributed by atoms with Gasteiger partial charge in [0.25, 0.3) is 0 Å². The van der Waals surface area contributed by atoms with E-state index in [2.05, 4.69) is 15.9 Å². The highest BCUT2D eigenvalue weighted by Crippen LogP contribution is 2.29. The van der Waals surface area contributed by atoms with Crippen molar-refractivity contribution in [2.45, 2.75) is 13.8 Å². The van der Waals surface area contributed by atoms with Gasteiger partial charge >= 0.3 is 0 Å². The van der Waals surface area contributed by atoms with Gasteiger partial charge in [0, 0.05) is 9.50 Å². The van der Waals surface area contributed by atoms with Gasteiger partial charge in [0.2, 0.25) is 0 Å². The molecule has 2 rings (SSSR count). The van der Waals surface area contributed by atoms with Gasteiger partial charge in [0.15, 0.2) is 0 Å². The predicted molar refractivity (Wildman–Crippen MR) is 80.9 cm³/mol. The van der Waals surface area contributed by atoms with E-state index in [0.717, 1.165) is 20.6 Å². The summed E-state index contributed by atoms with van der Waals surface area (Å²) in [5.74, 6) is 0. The highest BCUT2D eigenvalue weighted by molar-refractivity contribution is 9.10. The van der Waals surface area contributed by atoms with Crippen LogP contribution in [0.25, 0.3) is 11.1 Å². The first kappa shape index (κ1) is 14.6. The second kappa shape index (κ2) is 7.05. The van der Waals surface area contributed by atoms with E-state index in [1.807, 2.05) is 56.3 Å². The molecule has 0 aliphatic heterocycles. The third-order valence-corrected chi connectivity index (χ3v) is 3.58. The van der Waals surface area contributed by atoms with Gasteiger partial charge in [-0.05, 0) is 51.3 Å². The zero-order valence-electron chi connectivity index (χ0n) is 9.68. The third-order valence-electron chi connectivity index (χ3n) is 2.10. The summed E-state index contributed by atoms with van der Waals surface area (Å²) < 4.78 is 0.905. The molecule has 3 heteroatoms. The fourth-order valence-electron chi connectivity index (χ4n) is 1.32. The first-order valence-electron chi connectivity index (χ1n) is 5.38. The standard InChI is InChI=1S/C12H7BrCl2.C2H6/c13-11-6-3-9(7-12(11)15)8-1-4-10(14)5-2-8;1-2/h1-7H;1-2H3. The Balaban J connectivity index is 0.000000686. The van der Waals surface area contributed by atoms with E-state index in [0.29, 0.717) is 5.02 Å². The minimum Gasteiger partial charge on any atom is -0.0843 e. The van der Waals surface area contributed by atoms with Crippen LogP contribution in [0.3, 0.4) is 0 Å². The number of benzene rings is 2. The molecule has 2 aromatic rings. The second-order valence-electron chi connectivity index (χ2n) is 3.14. The first-order chi connectivity index (χ1) is 8.16. The smallest absolute Gasteiger partial charge is 0.0554 e. The zero-order valence-corrected chi connectivity index (χ0v) is 12.8. The molecule has 90 valence electrons. The molecule has 0 N–H and O–H groups in total. The van der Waals surface area contributed by atoms with Crippen molar-refractivity contribution in [3.63, 3.8) is 0 Å². The average Bonchev–Trinajstić information content (AvgIpc) is 2.36. The highest BCUT2D eigenvalue weighted by Gasteiger charge is 2.01. The number of rotatable bonds is 1. The van der Waals surface area contributed by atoms with Gasteiger partial charge in [-0.3, -0.25) is 0 Å². The Bertz CT molecular complexity index is 478. The molecular formula is C14H13BrCl2. The molecule has 0 nitrogen and oxygen atoms in total. The largest absolute Gasteiger partial charge is 0.0843 e. The van der Waals surface area contributed by atoms with Crippen LogP contribution in [0.1, 0.15) is 13.8 Å². The van der Waals surface area contributed by atoms with Crippen molar-refractivity contribution >= 4 is 39.1 Å². The van der Waals surface area contributed by atoms with Crippen LogP contribution in [-0.2, 0) is 0 Å². The van der Waals surface area contributed by atoms with E-state index in [4.69, 9.17) is 23.2 Å². The lowest BCUT2D eigenvalue weighted by atomic mass is 10.1. The monoisotopic (exact) mass is 330 g/mol. The lowest BCUT2D eigenvalue weighted by molar-refractivity contribution is 1.50. The van der Waals surface area contributed by atoms with Gasteiger partial charge in [0.1, 0.15) is 0 Å². The fourth-order valence-corrected chi connectivity index (χ4v) is 1.87. The Morgan fingerprint density at radius 3 is 1.88 bits per heavy atom. The van der Waals surface area contributed by atoms with Crippen LogP contribution in [0.2, 0.25) is 10.0 Å². The molecule has 2 aromatic carbocycles. The maximum atomic E-state index is 6.02. The van der Waals surface area contributed by atoms with E-state index < -0.39 is 0 Å². The molecule has 0 fully saturated rings. The van der Waals surface area contributed by atoms with Crippen LogP contribution in [0.4, 0.5) is 0 Å². The quantitative estimate of drug-likeness (QED) is 0.563. The van der Waals surface area contributed by atoms with Crippen molar-refractivity contribution in [2.24, 2.45) is 0 Å². The molecule has 0 unspecified atom stereocenters. The third kappa shape index (κ3) is 4.02. The summed E-state index contributed by atoms with van der Waals surface area (Å²) in [6.07, 6.45) is 0. The fraction of sp³-hybridized carbons (Fsp3) is 0.143. The molecule has 0 aromatic heterocycles. The zero-order chi connectivity index (χ0) is 12.8. The molecule has 0 heterocycles. The molecule has 0 bridgehead atoms. The lowest BCUT2D eigenvalue weighted by Gasteiger charge is -2.03. The first-order valence-corrected chi connectivity index (χ1v) is 6.93. The van der Waals surface area contributed by atoms with Gasteiger partial charge < -0.3 is 0 Å². The molecule has 0 amide bonds. The van der Waals surface area contributed by atoms with E-state index in [-0.39, 0.29) is 0 Å².